The van der Waals surface area contributed by atoms with Gasteiger partial charge in [-0.1, -0.05) is 6.07 Å². The highest BCUT2D eigenvalue weighted by Crippen LogP contribution is 2.20. The average molecular weight is 354 g/mol. The molecular weight excluding hydrogens is 332 g/mol. The first-order chi connectivity index (χ1) is 12.8. The van der Waals surface area contributed by atoms with E-state index in [0.717, 1.165) is 37.6 Å². The Hall–Kier alpha value is -2.74. The molecule has 0 spiro atoms. The third-order valence-corrected chi connectivity index (χ3v) is 4.69. The summed E-state index contributed by atoms with van der Waals surface area (Å²) in [5.74, 6) is 2.42. The summed E-state index contributed by atoms with van der Waals surface area (Å²) in [4.78, 5) is 29.4. The Labute approximate surface area is 152 Å². The molecule has 0 radical (unpaired) electrons. The Morgan fingerprint density at radius 3 is 2.73 bits per heavy atom. The first-order valence-electron chi connectivity index (χ1n) is 8.95. The molecule has 4 rings (SSSR count). The molecule has 136 valence electrons. The molecule has 0 aromatic carbocycles. The van der Waals surface area contributed by atoms with Gasteiger partial charge in [0, 0.05) is 45.0 Å². The Bertz CT molecular complexity index is 742. The average Bonchev–Trinajstić information content (AvgIpc) is 3.23. The zero-order valence-electron chi connectivity index (χ0n) is 14.5. The quantitative estimate of drug-likeness (QED) is 0.889. The molecule has 1 atom stereocenters. The monoisotopic (exact) mass is 354 g/mol. The number of nitrogens with zero attached hydrogens (tertiary/aromatic N) is 5. The number of anilines is 3. The number of ether oxygens (including phenoxy) is 1. The molecule has 0 bridgehead atoms. The lowest BCUT2D eigenvalue weighted by Gasteiger charge is -2.36. The number of rotatable bonds is 4. The predicted octanol–water partition coefficient (Wildman–Crippen LogP) is 1.44. The van der Waals surface area contributed by atoms with Crippen molar-refractivity contribution in [2.75, 3.05) is 43.0 Å². The van der Waals surface area contributed by atoms with E-state index in [4.69, 9.17) is 4.74 Å². The molecule has 8 heteroatoms. The lowest BCUT2D eigenvalue weighted by molar-refractivity contribution is -0.141. The minimum absolute atomic E-state index is 0.127. The SMILES string of the molecule is O=C(C1CCCO1)N1CCN(c2cc(Nc3ccccn3)ncn2)CC1. The second kappa shape index (κ2) is 7.65. The van der Waals surface area contributed by atoms with Crippen LogP contribution in [0.5, 0.6) is 0 Å². The van der Waals surface area contributed by atoms with Gasteiger partial charge in [0.05, 0.1) is 0 Å². The number of hydrogen-bond donors (Lipinski definition) is 1. The van der Waals surface area contributed by atoms with Crippen LogP contribution in [-0.4, -0.2) is 64.6 Å². The molecule has 26 heavy (non-hydrogen) atoms. The molecule has 2 aliphatic heterocycles. The fourth-order valence-corrected chi connectivity index (χ4v) is 3.29. The Morgan fingerprint density at radius 2 is 2.00 bits per heavy atom. The van der Waals surface area contributed by atoms with Crippen molar-refractivity contribution in [3.8, 4) is 0 Å². The molecule has 2 aromatic rings. The second-order valence-corrected chi connectivity index (χ2v) is 6.42. The smallest absolute Gasteiger partial charge is 0.251 e. The van der Waals surface area contributed by atoms with Gasteiger partial charge in [-0.2, -0.15) is 0 Å². The van der Waals surface area contributed by atoms with Crippen molar-refractivity contribution < 1.29 is 9.53 Å². The van der Waals surface area contributed by atoms with Crippen molar-refractivity contribution in [3.63, 3.8) is 0 Å². The Kier molecular flexibility index (Phi) is 4.92. The summed E-state index contributed by atoms with van der Waals surface area (Å²) in [6.07, 6.45) is 4.85. The highest BCUT2D eigenvalue weighted by molar-refractivity contribution is 5.81. The summed E-state index contributed by atoms with van der Waals surface area (Å²) >= 11 is 0. The highest BCUT2D eigenvalue weighted by Gasteiger charge is 2.30. The molecule has 0 saturated carbocycles. The van der Waals surface area contributed by atoms with Crippen LogP contribution in [0.2, 0.25) is 0 Å². The summed E-state index contributed by atoms with van der Waals surface area (Å²) in [6.45, 7) is 3.57. The van der Waals surface area contributed by atoms with Crippen LogP contribution >= 0.6 is 0 Å². The summed E-state index contributed by atoms with van der Waals surface area (Å²) in [7, 11) is 0. The Morgan fingerprint density at radius 1 is 1.12 bits per heavy atom. The van der Waals surface area contributed by atoms with Gasteiger partial charge >= 0.3 is 0 Å². The maximum Gasteiger partial charge on any atom is 0.251 e. The third-order valence-electron chi connectivity index (χ3n) is 4.69. The van der Waals surface area contributed by atoms with Crippen LogP contribution < -0.4 is 10.2 Å². The van der Waals surface area contributed by atoms with Gasteiger partial charge in [-0.25, -0.2) is 15.0 Å². The molecule has 2 fully saturated rings. The summed E-state index contributed by atoms with van der Waals surface area (Å²) in [5, 5.41) is 3.18. The van der Waals surface area contributed by atoms with E-state index in [9.17, 15) is 4.79 Å². The standard InChI is InChI=1S/C18H22N6O2/c25-18(14-4-3-11-26-14)24-9-7-23(8-10-24)17-12-16(20-13-21-17)22-15-5-1-2-6-19-15/h1-2,5-6,12-14H,3-4,7-11H2,(H,19,20,21,22). The number of carbonyl (C=O) groups is 1. The topological polar surface area (TPSA) is 83.5 Å². The van der Waals surface area contributed by atoms with E-state index in [1.54, 1.807) is 12.5 Å². The van der Waals surface area contributed by atoms with Crippen LogP contribution in [0.3, 0.4) is 0 Å². The fourth-order valence-electron chi connectivity index (χ4n) is 3.29. The molecule has 2 aliphatic rings. The van der Waals surface area contributed by atoms with Gasteiger partial charge in [0.2, 0.25) is 0 Å². The van der Waals surface area contributed by atoms with Crippen LogP contribution in [-0.2, 0) is 9.53 Å². The van der Waals surface area contributed by atoms with Crippen molar-refractivity contribution in [2.24, 2.45) is 0 Å². The van der Waals surface area contributed by atoms with Crippen LogP contribution in [0.1, 0.15) is 12.8 Å². The predicted molar refractivity (Wildman–Crippen MR) is 97.3 cm³/mol. The van der Waals surface area contributed by atoms with E-state index >= 15 is 0 Å². The van der Waals surface area contributed by atoms with E-state index in [1.165, 1.54) is 0 Å². The number of aromatic nitrogens is 3. The number of carbonyl (C=O) groups excluding carboxylic acids is 1. The third kappa shape index (κ3) is 3.75. The van der Waals surface area contributed by atoms with Crippen molar-refractivity contribution in [3.05, 3.63) is 36.8 Å². The van der Waals surface area contributed by atoms with E-state index < -0.39 is 0 Å². The first kappa shape index (κ1) is 16.7. The lowest BCUT2D eigenvalue weighted by atomic mass is 10.2. The van der Waals surface area contributed by atoms with Gasteiger partial charge in [-0.05, 0) is 25.0 Å². The van der Waals surface area contributed by atoms with Gasteiger partial charge in [0.1, 0.15) is 29.9 Å². The van der Waals surface area contributed by atoms with Gasteiger partial charge in [-0.15, -0.1) is 0 Å². The van der Waals surface area contributed by atoms with Crippen molar-refractivity contribution in [1.29, 1.82) is 0 Å². The zero-order valence-corrected chi connectivity index (χ0v) is 14.5. The maximum absolute atomic E-state index is 12.4. The van der Waals surface area contributed by atoms with E-state index in [1.807, 2.05) is 29.2 Å². The molecule has 8 nitrogen and oxygen atoms in total. The van der Waals surface area contributed by atoms with Crippen LogP contribution in [0.25, 0.3) is 0 Å². The zero-order chi connectivity index (χ0) is 17.8. The van der Waals surface area contributed by atoms with Gasteiger partial charge in [-0.3, -0.25) is 4.79 Å². The fraction of sp³-hybridized carbons (Fsp3) is 0.444. The van der Waals surface area contributed by atoms with Crippen molar-refractivity contribution in [1.82, 2.24) is 19.9 Å². The van der Waals surface area contributed by atoms with Crippen LogP contribution in [0.15, 0.2) is 36.8 Å². The van der Waals surface area contributed by atoms with Crippen LogP contribution in [0.4, 0.5) is 17.5 Å². The molecule has 2 saturated heterocycles. The van der Waals surface area contributed by atoms with E-state index in [-0.39, 0.29) is 12.0 Å². The molecular formula is C18H22N6O2. The molecule has 4 heterocycles. The largest absolute Gasteiger partial charge is 0.368 e. The highest BCUT2D eigenvalue weighted by atomic mass is 16.5. The number of pyridine rings is 1. The van der Waals surface area contributed by atoms with Crippen molar-refractivity contribution in [2.45, 2.75) is 18.9 Å². The minimum atomic E-state index is -0.241. The van der Waals surface area contributed by atoms with E-state index in [0.29, 0.717) is 25.5 Å². The van der Waals surface area contributed by atoms with Crippen LogP contribution in [0, 0.1) is 0 Å². The van der Waals surface area contributed by atoms with Gasteiger partial charge in [0.15, 0.2) is 0 Å². The summed E-state index contributed by atoms with van der Waals surface area (Å²) in [5.41, 5.74) is 0. The Balaban J connectivity index is 1.37. The van der Waals surface area contributed by atoms with E-state index in [2.05, 4.69) is 25.2 Å². The summed E-state index contributed by atoms with van der Waals surface area (Å²) < 4.78 is 5.51. The number of hydrogen-bond acceptors (Lipinski definition) is 7. The summed E-state index contributed by atoms with van der Waals surface area (Å²) in [6, 6.07) is 7.58. The molecule has 1 unspecified atom stereocenters. The van der Waals surface area contributed by atoms with Crippen molar-refractivity contribution >= 4 is 23.4 Å². The normalized spacial score (nSPS) is 20.2. The molecule has 2 aromatic heterocycles. The van der Waals surface area contributed by atoms with Gasteiger partial charge < -0.3 is 19.9 Å². The second-order valence-electron chi connectivity index (χ2n) is 6.42. The minimum Gasteiger partial charge on any atom is -0.368 e. The molecule has 1 N–H and O–H groups in total. The number of nitrogens with one attached hydrogen (secondary N) is 1. The number of piperazine rings is 1. The first-order valence-corrected chi connectivity index (χ1v) is 8.95. The maximum atomic E-state index is 12.4. The number of amides is 1. The lowest BCUT2D eigenvalue weighted by Crippen LogP contribution is -2.51. The molecule has 1 amide bonds. The molecule has 0 aliphatic carbocycles. The van der Waals surface area contributed by atoms with Gasteiger partial charge in [0.25, 0.3) is 5.91 Å².